The Morgan fingerprint density at radius 1 is 1.00 bits per heavy atom. The van der Waals surface area contributed by atoms with Crippen LogP contribution in [0.25, 0.3) is 0 Å². The molecule has 0 unspecified atom stereocenters. The van der Waals surface area contributed by atoms with Crippen LogP contribution in [0.15, 0.2) is 24.4 Å². The van der Waals surface area contributed by atoms with Gasteiger partial charge in [-0.2, -0.15) is 0 Å². The van der Waals surface area contributed by atoms with Crippen LogP contribution in [-0.4, -0.2) is 10.2 Å². The largest absolute Gasteiger partial charge is 0.476 e. The van der Waals surface area contributed by atoms with Gasteiger partial charge in [0.25, 0.3) is 0 Å². The van der Waals surface area contributed by atoms with Crippen molar-refractivity contribution in [2.75, 3.05) is 0 Å². The maximum atomic E-state index is 8.41. The van der Waals surface area contributed by atoms with E-state index in [9.17, 15) is 0 Å². The molecule has 4 nitrogen and oxygen atoms in total. The molecule has 1 aliphatic heterocycles. The van der Waals surface area contributed by atoms with Gasteiger partial charge in [-0.3, -0.25) is 0 Å². The van der Waals surface area contributed by atoms with Crippen molar-refractivity contribution in [3.05, 3.63) is 24.4 Å². The fourth-order valence-electron chi connectivity index (χ4n) is 0.285. The maximum Gasteiger partial charge on any atom is 0.367 e. The topological polar surface area (TPSA) is 58.9 Å². The summed E-state index contributed by atoms with van der Waals surface area (Å²) in [7, 11) is 0. The third-order valence-electron chi connectivity index (χ3n) is 0.598. The normalized spacial score (nSPS) is 17.5. The highest BCUT2D eigenvalue weighted by Crippen LogP contribution is 2.06. The molecule has 0 aliphatic carbocycles. The van der Waals surface area contributed by atoms with E-state index in [-0.39, 0.29) is 0 Å². The number of aliphatic hydroxyl groups excluding tert-OH is 2. The quantitative estimate of drug-likeness (QED) is 0.490. The van der Waals surface area contributed by atoms with Gasteiger partial charge in [0.2, 0.25) is 0 Å². The summed E-state index contributed by atoms with van der Waals surface area (Å²) in [5, 5.41) is 16.8. The van der Waals surface area contributed by atoms with Gasteiger partial charge in [0.1, 0.15) is 12.5 Å². The molecule has 8 heavy (non-hydrogen) atoms. The molecule has 0 bridgehead atoms. The predicted molar refractivity (Wildman–Crippen MR) is 23.6 cm³/mol. The van der Waals surface area contributed by atoms with Gasteiger partial charge in [0.05, 0.1) is 0 Å². The second-order valence-corrected chi connectivity index (χ2v) is 1.12. The van der Waals surface area contributed by atoms with E-state index in [1.807, 2.05) is 0 Å². The first-order valence-corrected chi connectivity index (χ1v) is 1.91. The Kier molecular flexibility index (Phi) is 0.997. The van der Waals surface area contributed by atoms with E-state index in [2.05, 4.69) is 9.47 Å². The van der Waals surface area contributed by atoms with Crippen molar-refractivity contribution in [1.29, 1.82) is 0 Å². The molecule has 2 N–H and O–H groups in total. The van der Waals surface area contributed by atoms with Crippen LogP contribution in [0.1, 0.15) is 0 Å². The maximum absolute atomic E-state index is 8.41. The van der Waals surface area contributed by atoms with Crippen LogP contribution in [-0.2, 0) is 9.47 Å². The average Bonchev–Trinajstić information content (AvgIpc) is 1.77. The van der Waals surface area contributed by atoms with Crippen LogP contribution in [0.4, 0.5) is 0 Å². The van der Waals surface area contributed by atoms with Crippen molar-refractivity contribution in [1.82, 2.24) is 0 Å². The average molecular weight is 116 g/mol. The van der Waals surface area contributed by atoms with Crippen molar-refractivity contribution >= 4 is 0 Å². The Bertz CT molecular complexity index is 130. The first kappa shape index (κ1) is 4.83. The van der Waals surface area contributed by atoms with Gasteiger partial charge in [-0.05, 0) is 0 Å². The molecule has 0 radical (unpaired) electrons. The fraction of sp³-hybridized carbons (Fsp3) is 0. The van der Waals surface area contributed by atoms with Gasteiger partial charge >= 0.3 is 11.9 Å². The summed E-state index contributed by atoms with van der Waals surface area (Å²) < 4.78 is 8.54. The number of ether oxygens (including phenoxy) is 2. The van der Waals surface area contributed by atoms with Crippen molar-refractivity contribution in [3.63, 3.8) is 0 Å². The monoisotopic (exact) mass is 116 g/mol. The molecule has 0 atom stereocenters. The van der Waals surface area contributed by atoms with Gasteiger partial charge in [-0.15, -0.1) is 0 Å². The lowest BCUT2D eigenvalue weighted by atomic mass is 10.8. The molecule has 0 aromatic carbocycles. The number of aliphatic hydroxyl groups is 2. The molecular weight excluding hydrogens is 112 g/mol. The molecule has 1 rings (SSSR count). The van der Waals surface area contributed by atoms with Gasteiger partial charge < -0.3 is 19.7 Å². The number of rotatable bonds is 0. The zero-order chi connectivity index (χ0) is 5.98. The summed E-state index contributed by atoms with van der Waals surface area (Å²) >= 11 is 0. The SMILES string of the molecule is OC1=C(O)OC=CO1. The summed E-state index contributed by atoms with van der Waals surface area (Å²) in [5.74, 6) is -1.24. The fourth-order valence-corrected chi connectivity index (χ4v) is 0.285. The van der Waals surface area contributed by atoms with E-state index in [0.717, 1.165) is 12.5 Å². The van der Waals surface area contributed by atoms with E-state index >= 15 is 0 Å². The van der Waals surface area contributed by atoms with Crippen molar-refractivity contribution in [2.24, 2.45) is 0 Å². The van der Waals surface area contributed by atoms with E-state index in [0.29, 0.717) is 0 Å². The van der Waals surface area contributed by atoms with E-state index in [1.54, 1.807) is 0 Å². The zero-order valence-electron chi connectivity index (χ0n) is 3.87. The van der Waals surface area contributed by atoms with Crippen LogP contribution in [0.3, 0.4) is 0 Å². The second-order valence-electron chi connectivity index (χ2n) is 1.12. The highest BCUT2D eigenvalue weighted by molar-refractivity contribution is 4.90. The molecule has 44 valence electrons. The van der Waals surface area contributed by atoms with Crippen LogP contribution in [0.5, 0.6) is 0 Å². The summed E-state index contributed by atoms with van der Waals surface area (Å²) in [5.41, 5.74) is 0. The molecule has 0 spiro atoms. The molecule has 0 saturated heterocycles. The van der Waals surface area contributed by atoms with Gasteiger partial charge in [-0.1, -0.05) is 0 Å². The lowest BCUT2D eigenvalue weighted by molar-refractivity contribution is 0.0459. The highest BCUT2D eigenvalue weighted by atomic mass is 16.7. The molecule has 4 heteroatoms. The Morgan fingerprint density at radius 2 is 1.38 bits per heavy atom. The standard InChI is InChI=1S/C4H4O4/c5-3-4(6)8-2-1-7-3/h1-2,5-6H. The minimum absolute atomic E-state index is 0.618. The highest BCUT2D eigenvalue weighted by Gasteiger charge is 2.07. The van der Waals surface area contributed by atoms with Gasteiger partial charge in [0.15, 0.2) is 0 Å². The van der Waals surface area contributed by atoms with E-state index in [4.69, 9.17) is 10.2 Å². The lowest BCUT2D eigenvalue weighted by Gasteiger charge is -2.04. The van der Waals surface area contributed by atoms with Crippen LogP contribution in [0, 0.1) is 0 Å². The first-order chi connectivity index (χ1) is 3.80. The third kappa shape index (κ3) is 0.676. The second kappa shape index (κ2) is 1.65. The molecule has 0 amide bonds. The minimum Gasteiger partial charge on any atom is -0.476 e. The van der Waals surface area contributed by atoms with Gasteiger partial charge in [-0.25, -0.2) is 0 Å². The smallest absolute Gasteiger partial charge is 0.367 e. The molecule has 0 aromatic heterocycles. The summed E-state index contributed by atoms with van der Waals surface area (Å²) in [6.07, 6.45) is 2.21. The summed E-state index contributed by atoms with van der Waals surface area (Å²) in [4.78, 5) is 0. The molecule has 1 aliphatic rings. The van der Waals surface area contributed by atoms with Crippen molar-refractivity contribution < 1.29 is 19.7 Å². The van der Waals surface area contributed by atoms with Crippen molar-refractivity contribution in [2.45, 2.75) is 0 Å². The summed E-state index contributed by atoms with van der Waals surface area (Å²) in [6, 6.07) is 0. The molecule has 0 aromatic rings. The van der Waals surface area contributed by atoms with E-state index in [1.165, 1.54) is 0 Å². The Labute approximate surface area is 45.3 Å². The van der Waals surface area contributed by atoms with Crippen LogP contribution in [0.2, 0.25) is 0 Å². The molecule has 0 saturated carbocycles. The number of hydrogen-bond acceptors (Lipinski definition) is 4. The van der Waals surface area contributed by atoms with Gasteiger partial charge in [0, 0.05) is 0 Å². The number of hydrogen-bond donors (Lipinski definition) is 2. The van der Waals surface area contributed by atoms with E-state index < -0.39 is 11.9 Å². The van der Waals surface area contributed by atoms with Crippen molar-refractivity contribution in [3.8, 4) is 0 Å². The minimum atomic E-state index is -0.618. The Hall–Kier alpha value is -1.32. The van der Waals surface area contributed by atoms with Crippen LogP contribution < -0.4 is 0 Å². The molecule has 1 heterocycles. The Balaban J connectivity index is 2.67. The third-order valence-corrected chi connectivity index (χ3v) is 0.598. The Morgan fingerprint density at radius 3 is 1.62 bits per heavy atom. The lowest BCUT2D eigenvalue weighted by Crippen LogP contribution is -1.97. The molecule has 0 fully saturated rings. The molecular formula is C4H4O4. The predicted octanol–water partition coefficient (Wildman–Crippen LogP) is 0.747. The zero-order valence-corrected chi connectivity index (χ0v) is 3.87. The first-order valence-electron chi connectivity index (χ1n) is 1.91. The van der Waals surface area contributed by atoms with Crippen LogP contribution >= 0.6 is 0 Å². The summed E-state index contributed by atoms with van der Waals surface area (Å²) in [6.45, 7) is 0.